The van der Waals surface area contributed by atoms with Crippen LogP contribution in [0.3, 0.4) is 0 Å². The van der Waals surface area contributed by atoms with E-state index in [0.29, 0.717) is 25.6 Å². The van der Waals surface area contributed by atoms with Crippen LogP contribution < -0.4 is 15.8 Å². The lowest BCUT2D eigenvalue weighted by atomic mass is 10.2. The fourth-order valence-electron chi connectivity index (χ4n) is 2.70. The molecule has 0 saturated carbocycles. The summed E-state index contributed by atoms with van der Waals surface area (Å²) in [6, 6.07) is 10.2. The van der Waals surface area contributed by atoms with Crippen molar-refractivity contribution in [2.45, 2.75) is 30.7 Å². The van der Waals surface area contributed by atoms with E-state index in [2.05, 4.69) is 27.5 Å². The highest BCUT2D eigenvalue weighted by atomic mass is 127. The van der Waals surface area contributed by atoms with Gasteiger partial charge in [0.25, 0.3) is 0 Å². The quantitative estimate of drug-likeness (QED) is 0.205. The zero-order valence-electron chi connectivity index (χ0n) is 17.0. The summed E-state index contributed by atoms with van der Waals surface area (Å²) in [5.74, 6) is 1.81. The van der Waals surface area contributed by atoms with Crippen molar-refractivity contribution >= 4 is 51.3 Å². The summed E-state index contributed by atoms with van der Waals surface area (Å²) in [6.07, 6.45) is 4.20. The van der Waals surface area contributed by atoms with Gasteiger partial charge >= 0.3 is 0 Å². The van der Waals surface area contributed by atoms with E-state index in [-0.39, 0.29) is 34.8 Å². The van der Waals surface area contributed by atoms with Gasteiger partial charge in [0, 0.05) is 37.0 Å². The Kier molecular flexibility index (Phi) is 9.93. The maximum atomic E-state index is 11.4. The Bertz CT molecular complexity index is 1040. The first kappa shape index (κ1) is 25.3. The molecule has 0 amide bonds. The lowest BCUT2D eigenvalue weighted by Crippen LogP contribution is -2.40. The van der Waals surface area contributed by atoms with Gasteiger partial charge in [-0.05, 0) is 29.8 Å². The number of nitrogens with two attached hydrogens (primary N) is 1. The minimum atomic E-state index is -3.70. The average molecular weight is 575 g/mol. The number of hydrogen-bond acceptors (Lipinski definition) is 6. The summed E-state index contributed by atoms with van der Waals surface area (Å²) in [5.41, 5.74) is 0.877. The molecule has 168 valence electrons. The van der Waals surface area contributed by atoms with Crippen molar-refractivity contribution < 1.29 is 12.8 Å². The molecule has 0 spiro atoms. The second-order valence-electron chi connectivity index (χ2n) is 6.76. The molecule has 2 heterocycles. The number of nitrogens with zero attached hydrogens (tertiary/aromatic N) is 2. The average Bonchev–Trinajstić information content (AvgIpc) is 3.43. The molecular weight excluding hydrogens is 549 g/mol. The summed E-state index contributed by atoms with van der Waals surface area (Å²) in [5, 5.41) is 14.8. The van der Waals surface area contributed by atoms with Gasteiger partial charge < -0.3 is 15.1 Å². The third-order valence-electron chi connectivity index (χ3n) is 4.36. The van der Waals surface area contributed by atoms with Crippen molar-refractivity contribution in [3.05, 3.63) is 70.6 Å². The molecule has 0 bridgehead atoms. The number of halogens is 1. The molecule has 2 aromatic heterocycles. The Hall–Kier alpha value is -1.96. The molecule has 4 N–H and O–H groups in total. The van der Waals surface area contributed by atoms with E-state index in [9.17, 15) is 8.42 Å². The van der Waals surface area contributed by atoms with Crippen LogP contribution in [0.25, 0.3) is 0 Å². The van der Waals surface area contributed by atoms with E-state index in [4.69, 9.17) is 9.56 Å². The van der Waals surface area contributed by atoms with Crippen LogP contribution in [-0.4, -0.2) is 32.5 Å². The molecule has 0 radical (unpaired) electrons. The van der Waals surface area contributed by atoms with Crippen molar-refractivity contribution in [2.75, 3.05) is 13.1 Å². The lowest BCUT2D eigenvalue weighted by Gasteiger charge is -2.15. The molecule has 0 fully saturated rings. The fourth-order valence-corrected chi connectivity index (χ4v) is 3.92. The van der Waals surface area contributed by atoms with Crippen LogP contribution in [0.4, 0.5) is 0 Å². The SMILES string of the molecule is CC(CNC(=NCc1ccc(S(N)(=O)=O)cc1)NCCc1ccco1)c1nccs1.I. The second kappa shape index (κ2) is 12.2. The third kappa shape index (κ3) is 8.24. The third-order valence-corrected chi connectivity index (χ3v) is 6.30. The van der Waals surface area contributed by atoms with Crippen molar-refractivity contribution in [2.24, 2.45) is 10.1 Å². The van der Waals surface area contributed by atoms with Crippen LogP contribution in [0.1, 0.15) is 29.2 Å². The molecule has 1 aromatic carbocycles. The zero-order valence-corrected chi connectivity index (χ0v) is 21.0. The Labute approximate surface area is 203 Å². The lowest BCUT2D eigenvalue weighted by molar-refractivity contribution is 0.506. The number of aliphatic imine (C=N–C) groups is 1. The van der Waals surface area contributed by atoms with Crippen LogP contribution >= 0.6 is 35.3 Å². The van der Waals surface area contributed by atoms with Crippen molar-refractivity contribution in [3.8, 4) is 0 Å². The van der Waals surface area contributed by atoms with E-state index in [1.54, 1.807) is 35.9 Å². The highest BCUT2D eigenvalue weighted by Gasteiger charge is 2.10. The van der Waals surface area contributed by atoms with Gasteiger partial charge in [-0.3, -0.25) is 0 Å². The number of hydrogen-bond donors (Lipinski definition) is 3. The Morgan fingerprint density at radius 1 is 1.26 bits per heavy atom. The molecule has 8 nitrogen and oxygen atoms in total. The number of sulfonamides is 1. The first-order valence-corrected chi connectivity index (χ1v) is 11.9. The topological polar surface area (TPSA) is 123 Å². The monoisotopic (exact) mass is 575 g/mol. The molecule has 0 aliphatic rings. The van der Waals surface area contributed by atoms with Crippen molar-refractivity contribution in [1.82, 2.24) is 15.6 Å². The molecule has 11 heteroatoms. The number of rotatable bonds is 9. The van der Waals surface area contributed by atoms with Gasteiger partial charge in [-0.2, -0.15) is 0 Å². The van der Waals surface area contributed by atoms with Crippen LogP contribution in [-0.2, 0) is 23.0 Å². The number of guanidine groups is 1. The van der Waals surface area contributed by atoms with E-state index < -0.39 is 10.0 Å². The Morgan fingerprint density at radius 3 is 2.65 bits per heavy atom. The van der Waals surface area contributed by atoms with E-state index >= 15 is 0 Å². The summed E-state index contributed by atoms with van der Waals surface area (Å²) < 4.78 is 28.1. The van der Waals surface area contributed by atoms with Crippen LogP contribution in [0.5, 0.6) is 0 Å². The van der Waals surface area contributed by atoms with E-state index in [1.165, 1.54) is 12.1 Å². The predicted octanol–water partition coefficient (Wildman–Crippen LogP) is 3.08. The molecule has 3 rings (SSSR count). The van der Waals surface area contributed by atoms with Crippen LogP contribution in [0.2, 0.25) is 0 Å². The van der Waals surface area contributed by atoms with Crippen molar-refractivity contribution in [3.63, 3.8) is 0 Å². The largest absolute Gasteiger partial charge is 0.469 e. The van der Waals surface area contributed by atoms with Crippen LogP contribution in [0, 0.1) is 0 Å². The summed E-state index contributed by atoms with van der Waals surface area (Å²) in [7, 11) is -3.70. The number of benzene rings is 1. The van der Waals surface area contributed by atoms with Crippen LogP contribution in [0.15, 0.2) is 68.5 Å². The molecule has 0 saturated heterocycles. The highest BCUT2D eigenvalue weighted by molar-refractivity contribution is 14.0. The molecule has 0 aliphatic carbocycles. The molecule has 1 unspecified atom stereocenters. The highest BCUT2D eigenvalue weighted by Crippen LogP contribution is 2.16. The molecular formula is C20H26IN5O3S2. The maximum Gasteiger partial charge on any atom is 0.238 e. The first-order valence-electron chi connectivity index (χ1n) is 9.47. The van der Waals surface area contributed by atoms with Gasteiger partial charge in [0.15, 0.2) is 5.96 Å². The normalized spacial score (nSPS) is 12.8. The standard InChI is InChI=1S/C20H25N5O3S2.HI/c1-15(19-22-10-12-29-19)13-24-20(23-9-8-17-3-2-11-28-17)25-14-16-4-6-18(7-5-16)30(21,26)27;/h2-7,10-12,15H,8-9,13-14H2,1H3,(H2,21,26,27)(H2,23,24,25);1H. The Balaban J connectivity index is 0.00000341. The Morgan fingerprint density at radius 2 is 2.03 bits per heavy atom. The fraction of sp³-hybridized carbons (Fsp3) is 0.300. The predicted molar refractivity (Wildman–Crippen MR) is 133 cm³/mol. The first-order chi connectivity index (χ1) is 14.4. The molecule has 0 aliphatic heterocycles. The van der Waals surface area contributed by atoms with Gasteiger partial charge in [0.05, 0.1) is 22.7 Å². The summed E-state index contributed by atoms with van der Waals surface area (Å²) >= 11 is 1.63. The number of nitrogens with one attached hydrogen (secondary N) is 2. The van der Waals surface area contributed by atoms with Crippen molar-refractivity contribution in [1.29, 1.82) is 0 Å². The number of primary sulfonamides is 1. The smallest absolute Gasteiger partial charge is 0.238 e. The minimum absolute atomic E-state index is 0. The molecule has 1 atom stereocenters. The van der Waals surface area contributed by atoms with E-state index in [1.807, 2.05) is 17.5 Å². The van der Waals surface area contributed by atoms with Gasteiger partial charge in [0.1, 0.15) is 5.76 Å². The zero-order chi connectivity index (χ0) is 21.4. The van der Waals surface area contributed by atoms with E-state index in [0.717, 1.165) is 22.8 Å². The number of furan rings is 1. The maximum absolute atomic E-state index is 11.4. The minimum Gasteiger partial charge on any atom is -0.469 e. The van der Waals surface area contributed by atoms with Gasteiger partial charge in [0.2, 0.25) is 10.0 Å². The number of thiazole rings is 1. The van der Waals surface area contributed by atoms with Gasteiger partial charge in [-0.25, -0.2) is 23.5 Å². The second-order valence-corrected chi connectivity index (χ2v) is 9.25. The number of aromatic nitrogens is 1. The van der Waals surface area contributed by atoms with Gasteiger partial charge in [-0.1, -0.05) is 19.1 Å². The molecule has 3 aromatic rings. The summed E-state index contributed by atoms with van der Waals surface area (Å²) in [6.45, 7) is 3.85. The van der Waals surface area contributed by atoms with Gasteiger partial charge in [-0.15, -0.1) is 35.3 Å². The molecule has 31 heavy (non-hydrogen) atoms. The summed E-state index contributed by atoms with van der Waals surface area (Å²) in [4.78, 5) is 9.07.